The van der Waals surface area contributed by atoms with Crippen molar-refractivity contribution in [1.82, 2.24) is 15.6 Å². The third-order valence-corrected chi connectivity index (χ3v) is 5.49. The number of benzene rings is 2. The average Bonchev–Trinajstić information content (AvgIpc) is 2.85. The van der Waals surface area contributed by atoms with E-state index in [1.54, 1.807) is 24.4 Å². The number of carbonyl (C=O) groups excluding carboxylic acids is 2. The van der Waals surface area contributed by atoms with Gasteiger partial charge >= 0.3 is 5.97 Å². The number of amides is 2. The maximum atomic E-state index is 12.5. The van der Waals surface area contributed by atoms with E-state index in [0.717, 1.165) is 16.9 Å². The van der Waals surface area contributed by atoms with Crippen molar-refractivity contribution in [3.8, 4) is 16.9 Å². The van der Waals surface area contributed by atoms with Crippen LogP contribution in [0.2, 0.25) is 0 Å². The second-order valence-corrected chi connectivity index (χ2v) is 8.35. The Morgan fingerprint density at radius 3 is 2.46 bits per heavy atom. The number of phenols is 1. The van der Waals surface area contributed by atoms with Gasteiger partial charge in [0.15, 0.2) is 0 Å². The quantitative estimate of drug-likeness (QED) is 0.185. The summed E-state index contributed by atoms with van der Waals surface area (Å²) in [5.74, 6) is -1.35. The molecule has 2 aromatic carbocycles. The number of nitrogens with one attached hydrogen (secondary N) is 3. The summed E-state index contributed by atoms with van der Waals surface area (Å²) in [6.45, 7) is 2.21. The molecule has 0 bridgehead atoms. The first-order valence-electron chi connectivity index (χ1n) is 11.6. The van der Waals surface area contributed by atoms with Gasteiger partial charge in [0.1, 0.15) is 11.6 Å². The van der Waals surface area contributed by atoms with Crippen LogP contribution in [-0.4, -0.2) is 75.6 Å². The summed E-state index contributed by atoms with van der Waals surface area (Å²) in [5, 5.41) is 28.5. The van der Waals surface area contributed by atoms with Crippen LogP contribution in [0.3, 0.4) is 0 Å². The molecular formula is C27H30N4NaO5. The van der Waals surface area contributed by atoms with Gasteiger partial charge in [-0.15, -0.1) is 0 Å². The molecule has 0 saturated heterocycles. The van der Waals surface area contributed by atoms with Crippen LogP contribution in [0.25, 0.3) is 11.1 Å². The van der Waals surface area contributed by atoms with Crippen LogP contribution < -0.4 is 16.0 Å². The van der Waals surface area contributed by atoms with Gasteiger partial charge in [-0.1, -0.05) is 48.5 Å². The van der Waals surface area contributed by atoms with E-state index in [0.29, 0.717) is 18.5 Å². The summed E-state index contributed by atoms with van der Waals surface area (Å²) < 4.78 is 0. The molecule has 1 atom stereocenters. The monoisotopic (exact) mass is 513 g/mol. The van der Waals surface area contributed by atoms with Crippen molar-refractivity contribution in [1.29, 1.82) is 0 Å². The van der Waals surface area contributed by atoms with E-state index in [1.165, 1.54) is 0 Å². The number of aromatic hydroxyl groups is 1. The van der Waals surface area contributed by atoms with Crippen LogP contribution in [0.4, 0.5) is 5.82 Å². The molecule has 0 aliphatic carbocycles. The molecule has 2 amide bonds. The normalized spacial score (nSPS) is 11.1. The van der Waals surface area contributed by atoms with Crippen LogP contribution in [-0.2, 0) is 14.4 Å². The number of pyridine rings is 1. The number of para-hydroxylation sites is 1. The molecule has 9 nitrogen and oxygen atoms in total. The van der Waals surface area contributed by atoms with Crippen molar-refractivity contribution in [3.63, 3.8) is 0 Å². The Hall–Kier alpha value is -3.40. The van der Waals surface area contributed by atoms with Crippen molar-refractivity contribution < 1.29 is 24.6 Å². The molecule has 3 rings (SSSR count). The van der Waals surface area contributed by atoms with Crippen molar-refractivity contribution >= 4 is 53.2 Å². The Morgan fingerprint density at radius 1 is 1.00 bits per heavy atom. The van der Waals surface area contributed by atoms with Gasteiger partial charge in [-0.25, -0.2) is 4.98 Å². The number of aryl methyl sites for hydroxylation is 1. The molecule has 0 saturated carbocycles. The minimum atomic E-state index is -1.13. The summed E-state index contributed by atoms with van der Waals surface area (Å²) in [6.07, 6.45) is 2.04. The van der Waals surface area contributed by atoms with Gasteiger partial charge in [-0.2, -0.15) is 0 Å². The molecule has 5 N–H and O–H groups in total. The van der Waals surface area contributed by atoms with Crippen LogP contribution in [0.15, 0.2) is 66.9 Å². The number of anilines is 1. The third-order valence-electron chi connectivity index (χ3n) is 5.49. The topological polar surface area (TPSA) is 141 Å². The maximum absolute atomic E-state index is 12.5. The van der Waals surface area contributed by atoms with Gasteiger partial charge in [0.05, 0.1) is 19.0 Å². The predicted molar refractivity (Wildman–Crippen MR) is 142 cm³/mol. The molecule has 0 aliphatic heterocycles. The standard InChI is InChI=1S/C27H30N4O5.Na/c1-18-12-14-29-23(15-18)28-13-6-11-24(32)30-17-25(33)31-22(16-26(34)35)21-10-5-9-20(27(21)36)19-7-3-2-4-8-19;/h2-5,7-10,12,14-15,22,36H,6,11,13,16-17H2,1H3,(H,28,29)(H,30,32)(H,31,33)(H,34,35);. The van der Waals surface area contributed by atoms with Crippen molar-refractivity contribution in [2.75, 3.05) is 18.4 Å². The van der Waals surface area contributed by atoms with Gasteiger partial charge in [0.2, 0.25) is 11.8 Å². The third kappa shape index (κ3) is 9.53. The van der Waals surface area contributed by atoms with E-state index in [9.17, 15) is 24.6 Å². The Balaban J connectivity index is 0.00000481. The summed E-state index contributed by atoms with van der Waals surface area (Å²) in [7, 11) is 0. The second kappa shape index (κ2) is 15.0. The zero-order chi connectivity index (χ0) is 25.9. The fourth-order valence-electron chi connectivity index (χ4n) is 3.72. The number of carboxylic acid groups (broad SMARTS) is 1. The van der Waals surface area contributed by atoms with Gasteiger partial charge in [-0.05, 0) is 36.6 Å². The fourth-order valence-corrected chi connectivity index (χ4v) is 3.72. The predicted octanol–water partition coefficient (Wildman–Crippen LogP) is 3.02. The SMILES string of the molecule is Cc1ccnc(NCCCC(=O)NCC(=O)NC(CC(=O)O)c2cccc(-c3ccccc3)c2O)c1.[Na]. The van der Waals surface area contributed by atoms with E-state index >= 15 is 0 Å². The molecule has 1 radical (unpaired) electrons. The van der Waals surface area contributed by atoms with E-state index in [-0.39, 0.29) is 59.7 Å². The Kier molecular flexibility index (Phi) is 12.1. The first-order chi connectivity index (χ1) is 17.3. The van der Waals surface area contributed by atoms with Gasteiger partial charge < -0.3 is 26.2 Å². The molecular weight excluding hydrogens is 483 g/mol. The molecule has 1 unspecified atom stereocenters. The first kappa shape index (κ1) is 29.8. The summed E-state index contributed by atoms with van der Waals surface area (Å²) in [5.41, 5.74) is 2.66. The van der Waals surface area contributed by atoms with Crippen LogP contribution in [0.5, 0.6) is 5.75 Å². The van der Waals surface area contributed by atoms with E-state index in [4.69, 9.17) is 0 Å². The number of aromatic nitrogens is 1. The fraction of sp³-hybridized carbons (Fsp3) is 0.259. The van der Waals surface area contributed by atoms with Gasteiger partial charge in [0, 0.05) is 59.8 Å². The molecule has 189 valence electrons. The smallest absolute Gasteiger partial charge is 0.305 e. The number of aliphatic carboxylic acids is 1. The molecule has 1 heterocycles. The van der Waals surface area contributed by atoms with Crippen LogP contribution in [0.1, 0.15) is 36.4 Å². The summed E-state index contributed by atoms with van der Waals surface area (Å²) in [4.78, 5) is 40.3. The Bertz CT molecular complexity index is 1210. The average molecular weight is 514 g/mol. The zero-order valence-corrected chi connectivity index (χ0v) is 23.0. The molecule has 0 spiro atoms. The number of nitrogens with zero attached hydrogens (tertiary/aromatic N) is 1. The molecule has 0 fully saturated rings. The van der Waals surface area contributed by atoms with Crippen molar-refractivity contribution in [2.45, 2.75) is 32.2 Å². The minimum Gasteiger partial charge on any atom is -0.507 e. The minimum absolute atomic E-state index is 0. The van der Waals surface area contributed by atoms with Crippen LogP contribution in [0, 0.1) is 6.92 Å². The zero-order valence-electron chi connectivity index (χ0n) is 21.0. The van der Waals surface area contributed by atoms with E-state index < -0.39 is 24.3 Å². The Morgan fingerprint density at radius 2 is 1.76 bits per heavy atom. The number of phenolic OH excluding ortho intramolecular Hbond substituents is 1. The number of carbonyl (C=O) groups is 3. The van der Waals surface area contributed by atoms with E-state index in [2.05, 4.69) is 20.9 Å². The second-order valence-electron chi connectivity index (χ2n) is 8.35. The first-order valence-corrected chi connectivity index (χ1v) is 11.6. The number of carboxylic acids is 1. The number of hydrogen-bond donors (Lipinski definition) is 5. The van der Waals surface area contributed by atoms with Crippen molar-refractivity contribution in [3.05, 3.63) is 78.0 Å². The van der Waals surface area contributed by atoms with Gasteiger partial charge in [0.25, 0.3) is 0 Å². The van der Waals surface area contributed by atoms with Crippen molar-refractivity contribution in [2.24, 2.45) is 0 Å². The molecule has 0 aliphatic rings. The van der Waals surface area contributed by atoms with Gasteiger partial charge in [-0.3, -0.25) is 14.4 Å². The molecule has 10 heteroatoms. The number of rotatable bonds is 12. The Labute approximate surface area is 238 Å². The maximum Gasteiger partial charge on any atom is 0.305 e. The van der Waals surface area contributed by atoms with Crippen LogP contribution >= 0.6 is 0 Å². The largest absolute Gasteiger partial charge is 0.507 e. The summed E-state index contributed by atoms with van der Waals surface area (Å²) >= 11 is 0. The summed E-state index contributed by atoms with van der Waals surface area (Å²) in [6, 6.07) is 17.0. The molecule has 37 heavy (non-hydrogen) atoms. The molecule has 1 aromatic heterocycles. The van der Waals surface area contributed by atoms with E-state index in [1.807, 2.05) is 49.4 Å². The molecule has 3 aromatic rings. The number of hydrogen-bond acceptors (Lipinski definition) is 6.